The molecule has 0 radical (unpaired) electrons. The van der Waals surface area contributed by atoms with E-state index in [0.717, 1.165) is 19.3 Å². The molecule has 0 unspecified atom stereocenters. The van der Waals surface area contributed by atoms with Crippen LogP contribution in [-0.4, -0.2) is 18.0 Å². The molecule has 0 N–H and O–H groups in total. The molecule has 3 atom stereocenters. The topological polar surface area (TPSA) is 18.5 Å². The molecule has 0 aliphatic carbocycles. The second kappa shape index (κ2) is 3.58. The Morgan fingerprint density at radius 2 is 2.08 bits per heavy atom. The first kappa shape index (κ1) is 9.47. The summed E-state index contributed by atoms with van der Waals surface area (Å²) in [5.74, 6) is -0.182. The summed E-state index contributed by atoms with van der Waals surface area (Å²) in [5, 5.41) is 0. The fraction of sp³-hybridized carbons (Fsp3) is 1.00. The predicted octanol–water partition coefficient (Wildman–Crippen LogP) is 2.86. The van der Waals surface area contributed by atoms with E-state index < -0.39 is 0 Å². The number of ether oxygens (including phenoxy) is 2. The lowest BCUT2D eigenvalue weighted by atomic mass is 9.99. The third-order valence-corrected chi connectivity index (χ3v) is 3.27. The van der Waals surface area contributed by atoms with Gasteiger partial charge in [-0.2, -0.15) is 0 Å². The highest BCUT2D eigenvalue weighted by atomic mass is 16.7. The van der Waals surface area contributed by atoms with Gasteiger partial charge in [-0.15, -0.1) is 0 Å². The standard InChI is InChI=1S/C11H20O2/c1-3-10-6-8-11(13-10)7-4-5-9(2)12-11/h9-10H,3-8H2,1-2H3/t9-,10-,11+/m0/s1. The van der Waals surface area contributed by atoms with E-state index in [4.69, 9.17) is 9.47 Å². The minimum atomic E-state index is -0.182. The van der Waals surface area contributed by atoms with Gasteiger partial charge in [-0.1, -0.05) is 6.92 Å². The summed E-state index contributed by atoms with van der Waals surface area (Å²) in [5.41, 5.74) is 0. The normalized spacial score (nSPS) is 45.7. The molecule has 0 aromatic carbocycles. The van der Waals surface area contributed by atoms with Crippen molar-refractivity contribution in [1.29, 1.82) is 0 Å². The second-order valence-electron chi connectivity index (χ2n) is 4.42. The lowest BCUT2D eigenvalue weighted by Crippen LogP contribution is -2.39. The molecule has 13 heavy (non-hydrogen) atoms. The highest BCUT2D eigenvalue weighted by molar-refractivity contribution is 4.84. The third kappa shape index (κ3) is 1.89. The van der Waals surface area contributed by atoms with E-state index in [1.54, 1.807) is 0 Å². The summed E-state index contributed by atoms with van der Waals surface area (Å²) < 4.78 is 11.9. The average Bonchev–Trinajstić information content (AvgIpc) is 2.48. The zero-order valence-corrected chi connectivity index (χ0v) is 8.71. The van der Waals surface area contributed by atoms with Crippen molar-refractivity contribution in [2.24, 2.45) is 0 Å². The zero-order valence-electron chi connectivity index (χ0n) is 8.71. The number of hydrogen-bond donors (Lipinski definition) is 0. The summed E-state index contributed by atoms with van der Waals surface area (Å²) in [6.45, 7) is 4.35. The molecule has 2 fully saturated rings. The van der Waals surface area contributed by atoms with Crippen LogP contribution in [0.5, 0.6) is 0 Å². The number of rotatable bonds is 1. The molecule has 0 bridgehead atoms. The van der Waals surface area contributed by atoms with Crippen molar-refractivity contribution in [1.82, 2.24) is 0 Å². The van der Waals surface area contributed by atoms with Gasteiger partial charge in [0.15, 0.2) is 5.79 Å². The van der Waals surface area contributed by atoms with Crippen LogP contribution in [0.25, 0.3) is 0 Å². The molecule has 2 heteroatoms. The molecular weight excluding hydrogens is 164 g/mol. The highest BCUT2D eigenvalue weighted by Crippen LogP contribution is 2.40. The van der Waals surface area contributed by atoms with Crippen LogP contribution >= 0.6 is 0 Å². The van der Waals surface area contributed by atoms with E-state index in [-0.39, 0.29) is 5.79 Å². The van der Waals surface area contributed by atoms with Crippen LogP contribution in [0.4, 0.5) is 0 Å². The summed E-state index contributed by atoms with van der Waals surface area (Å²) in [6.07, 6.45) is 7.82. The minimum absolute atomic E-state index is 0.182. The predicted molar refractivity (Wildman–Crippen MR) is 51.5 cm³/mol. The quantitative estimate of drug-likeness (QED) is 0.624. The Balaban J connectivity index is 1.97. The van der Waals surface area contributed by atoms with Gasteiger partial charge in [-0.05, 0) is 32.6 Å². The van der Waals surface area contributed by atoms with E-state index >= 15 is 0 Å². The molecule has 76 valence electrons. The van der Waals surface area contributed by atoms with Crippen LogP contribution in [0, 0.1) is 0 Å². The smallest absolute Gasteiger partial charge is 0.169 e. The van der Waals surface area contributed by atoms with Crippen molar-refractivity contribution in [3.05, 3.63) is 0 Å². The van der Waals surface area contributed by atoms with Gasteiger partial charge in [0.25, 0.3) is 0 Å². The van der Waals surface area contributed by atoms with Crippen molar-refractivity contribution in [2.75, 3.05) is 0 Å². The van der Waals surface area contributed by atoms with Gasteiger partial charge in [0.2, 0.25) is 0 Å². The lowest BCUT2D eigenvalue weighted by Gasteiger charge is -2.37. The van der Waals surface area contributed by atoms with Gasteiger partial charge in [-0.25, -0.2) is 0 Å². The van der Waals surface area contributed by atoms with Crippen molar-refractivity contribution in [3.63, 3.8) is 0 Å². The molecule has 0 aromatic heterocycles. The van der Waals surface area contributed by atoms with Crippen molar-refractivity contribution >= 4 is 0 Å². The molecule has 2 saturated heterocycles. The van der Waals surface area contributed by atoms with Gasteiger partial charge >= 0.3 is 0 Å². The lowest BCUT2D eigenvalue weighted by molar-refractivity contribution is -0.266. The highest BCUT2D eigenvalue weighted by Gasteiger charge is 2.43. The van der Waals surface area contributed by atoms with Gasteiger partial charge in [-0.3, -0.25) is 0 Å². The van der Waals surface area contributed by atoms with Crippen LogP contribution < -0.4 is 0 Å². The van der Waals surface area contributed by atoms with Gasteiger partial charge in [0.1, 0.15) is 0 Å². The summed E-state index contributed by atoms with van der Waals surface area (Å²) >= 11 is 0. The van der Waals surface area contributed by atoms with E-state index in [0.29, 0.717) is 12.2 Å². The number of hydrogen-bond acceptors (Lipinski definition) is 2. The van der Waals surface area contributed by atoms with E-state index in [1.165, 1.54) is 19.3 Å². The van der Waals surface area contributed by atoms with Gasteiger partial charge < -0.3 is 9.47 Å². The maximum atomic E-state index is 5.99. The van der Waals surface area contributed by atoms with Crippen LogP contribution in [0.2, 0.25) is 0 Å². The molecule has 0 saturated carbocycles. The Kier molecular flexibility index (Phi) is 2.61. The minimum Gasteiger partial charge on any atom is -0.347 e. The molecule has 2 aliphatic rings. The van der Waals surface area contributed by atoms with Gasteiger partial charge in [0.05, 0.1) is 12.2 Å². The molecule has 0 aromatic rings. The summed E-state index contributed by atoms with van der Waals surface area (Å²) in [7, 11) is 0. The Bertz CT molecular complexity index is 181. The first-order valence-corrected chi connectivity index (χ1v) is 5.60. The Morgan fingerprint density at radius 3 is 2.69 bits per heavy atom. The van der Waals surface area contributed by atoms with Crippen LogP contribution in [-0.2, 0) is 9.47 Å². The maximum Gasteiger partial charge on any atom is 0.169 e. The van der Waals surface area contributed by atoms with Crippen molar-refractivity contribution in [2.45, 2.75) is 70.4 Å². The molecule has 1 spiro atoms. The van der Waals surface area contributed by atoms with Crippen LogP contribution in [0.15, 0.2) is 0 Å². The van der Waals surface area contributed by atoms with Gasteiger partial charge in [0, 0.05) is 12.8 Å². The van der Waals surface area contributed by atoms with Crippen LogP contribution in [0.1, 0.15) is 52.4 Å². The second-order valence-corrected chi connectivity index (χ2v) is 4.42. The Labute approximate surface area is 80.6 Å². The Hall–Kier alpha value is -0.0800. The largest absolute Gasteiger partial charge is 0.347 e. The molecular formula is C11H20O2. The molecule has 2 aliphatic heterocycles. The van der Waals surface area contributed by atoms with E-state index in [9.17, 15) is 0 Å². The van der Waals surface area contributed by atoms with Crippen molar-refractivity contribution < 1.29 is 9.47 Å². The fourth-order valence-electron chi connectivity index (χ4n) is 2.50. The molecule has 2 heterocycles. The first-order valence-electron chi connectivity index (χ1n) is 5.60. The van der Waals surface area contributed by atoms with E-state index in [2.05, 4.69) is 13.8 Å². The molecule has 2 rings (SSSR count). The maximum absolute atomic E-state index is 5.99. The zero-order chi connectivity index (χ0) is 9.31. The fourth-order valence-corrected chi connectivity index (χ4v) is 2.50. The summed E-state index contributed by atoms with van der Waals surface area (Å²) in [6, 6.07) is 0. The molecule has 0 amide bonds. The van der Waals surface area contributed by atoms with E-state index in [1.807, 2.05) is 0 Å². The first-order chi connectivity index (χ1) is 6.24. The average molecular weight is 184 g/mol. The van der Waals surface area contributed by atoms with Crippen LogP contribution in [0.3, 0.4) is 0 Å². The monoisotopic (exact) mass is 184 g/mol. The third-order valence-electron chi connectivity index (χ3n) is 3.27. The Morgan fingerprint density at radius 1 is 1.23 bits per heavy atom. The van der Waals surface area contributed by atoms with Crippen molar-refractivity contribution in [3.8, 4) is 0 Å². The SMILES string of the molecule is CC[C@H]1CC[C@@]2(CCC[C@H](C)O2)O1. The summed E-state index contributed by atoms with van der Waals surface area (Å²) in [4.78, 5) is 0. The molecule has 2 nitrogen and oxygen atoms in total.